The Hall–Kier alpha value is -1.49. The first kappa shape index (κ1) is 12.0. The van der Waals surface area contributed by atoms with Crippen molar-refractivity contribution in [1.29, 1.82) is 0 Å². The summed E-state index contributed by atoms with van der Waals surface area (Å²) in [5, 5.41) is 0. The molecular weight excluding hydrogens is 218 g/mol. The lowest BCUT2D eigenvalue weighted by Crippen LogP contribution is -2.53. The molecule has 5 nitrogen and oxygen atoms in total. The first-order valence-corrected chi connectivity index (χ1v) is 5.70. The Kier molecular flexibility index (Phi) is 3.11. The van der Waals surface area contributed by atoms with E-state index in [1.54, 1.807) is 7.11 Å². The van der Waals surface area contributed by atoms with E-state index in [9.17, 15) is 0 Å². The topological polar surface area (TPSA) is 60.6 Å². The third-order valence-electron chi connectivity index (χ3n) is 2.99. The van der Waals surface area contributed by atoms with Gasteiger partial charge in [-0.3, -0.25) is 0 Å². The van der Waals surface area contributed by atoms with Crippen LogP contribution >= 0.6 is 0 Å². The van der Waals surface area contributed by atoms with Crippen molar-refractivity contribution in [3.63, 3.8) is 0 Å². The minimum Gasteiger partial charge on any atom is -0.479 e. The predicted molar refractivity (Wildman–Crippen MR) is 67.4 cm³/mol. The number of hydrogen-bond donors (Lipinski definition) is 1. The van der Waals surface area contributed by atoms with Crippen LogP contribution in [0.25, 0.3) is 0 Å². The van der Waals surface area contributed by atoms with E-state index < -0.39 is 0 Å². The number of nitrogen functional groups attached to an aromatic ring is 1. The van der Waals surface area contributed by atoms with E-state index in [1.807, 2.05) is 12.1 Å². The highest BCUT2D eigenvalue weighted by molar-refractivity contribution is 5.55. The molecule has 17 heavy (non-hydrogen) atoms. The number of rotatable bonds is 2. The SMILES string of the molecule is COc1nc(N2CCOCC2(C)C)ccc1N. The predicted octanol–water partition coefficient (Wildman–Crippen LogP) is 1.29. The van der Waals surface area contributed by atoms with E-state index >= 15 is 0 Å². The van der Waals surface area contributed by atoms with E-state index in [-0.39, 0.29) is 5.54 Å². The summed E-state index contributed by atoms with van der Waals surface area (Å²) in [5.74, 6) is 1.36. The fourth-order valence-corrected chi connectivity index (χ4v) is 2.04. The van der Waals surface area contributed by atoms with Crippen molar-refractivity contribution in [2.45, 2.75) is 19.4 Å². The first-order valence-electron chi connectivity index (χ1n) is 5.70. The molecule has 0 aliphatic carbocycles. The summed E-state index contributed by atoms with van der Waals surface area (Å²) >= 11 is 0. The Morgan fingerprint density at radius 2 is 2.24 bits per heavy atom. The van der Waals surface area contributed by atoms with Crippen molar-refractivity contribution in [2.75, 3.05) is 37.5 Å². The third kappa shape index (κ3) is 2.29. The summed E-state index contributed by atoms with van der Waals surface area (Å²) in [5.41, 5.74) is 6.26. The van der Waals surface area contributed by atoms with Crippen LogP contribution < -0.4 is 15.4 Å². The van der Waals surface area contributed by atoms with Crippen molar-refractivity contribution in [2.24, 2.45) is 0 Å². The second kappa shape index (κ2) is 4.41. The maximum Gasteiger partial charge on any atom is 0.238 e. The number of methoxy groups -OCH3 is 1. The Bertz CT molecular complexity index is 407. The Morgan fingerprint density at radius 1 is 1.47 bits per heavy atom. The molecule has 94 valence electrons. The van der Waals surface area contributed by atoms with Gasteiger partial charge in [-0.15, -0.1) is 0 Å². The maximum atomic E-state index is 5.77. The van der Waals surface area contributed by atoms with Crippen LogP contribution in [0.3, 0.4) is 0 Å². The molecule has 0 aromatic carbocycles. The van der Waals surface area contributed by atoms with Crippen LogP contribution in [0.4, 0.5) is 11.5 Å². The molecule has 2 rings (SSSR count). The van der Waals surface area contributed by atoms with Gasteiger partial charge in [0, 0.05) is 6.54 Å². The van der Waals surface area contributed by atoms with Gasteiger partial charge in [-0.25, -0.2) is 0 Å². The highest BCUT2D eigenvalue weighted by Crippen LogP contribution is 2.29. The molecule has 1 aromatic heterocycles. The number of nitrogens with two attached hydrogens (primary N) is 1. The molecule has 0 unspecified atom stereocenters. The van der Waals surface area contributed by atoms with Crippen LogP contribution in [-0.2, 0) is 4.74 Å². The second-order valence-corrected chi connectivity index (χ2v) is 4.78. The highest BCUT2D eigenvalue weighted by Gasteiger charge is 2.31. The van der Waals surface area contributed by atoms with Crippen LogP contribution in [-0.4, -0.2) is 37.4 Å². The van der Waals surface area contributed by atoms with E-state index in [2.05, 4.69) is 23.7 Å². The van der Waals surface area contributed by atoms with E-state index in [0.29, 0.717) is 18.2 Å². The minimum atomic E-state index is -0.0631. The van der Waals surface area contributed by atoms with Crippen molar-refractivity contribution in [3.05, 3.63) is 12.1 Å². The van der Waals surface area contributed by atoms with Crippen molar-refractivity contribution >= 4 is 11.5 Å². The molecule has 0 radical (unpaired) electrons. The molecule has 0 saturated carbocycles. The molecule has 1 aliphatic heterocycles. The van der Waals surface area contributed by atoms with E-state index in [4.69, 9.17) is 15.2 Å². The third-order valence-corrected chi connectivity index (χ3v) is 2.99. The lowest BCUT2D eigenvalue weighted by molar-refractivity contribution is 0.0638. The van der Waals surface area contributed by atoms with Crippen LogP contribution in [0, 0.1) is 0 Å². The normalized spacial score (nSPS) is 19.1. The molecule has 0 amide bonds. The van der Waals surface area contributed by atoms with Crippen LogP contribution in [0.15, 0.2) is 12.1 Å². The highest BCUT2D eigenvalue weighted by atomic mass is 16.5. The quantitative estimate of drug-likeness (QED) is 0.839. The number of morpholine rings is 1. The van der Waals surface area contributed by atoms with Gasteiger partial charge in [0.25, 0.3) is 0 Å². The van der Waals surface area contributed by atoms with Gasteiger partial charge in [-0.05, 0) is 26.0 Å². The standard InChI is InChI=1S/C12H19N3O2/c1-12(2)8-17-7-6-15(12)10-5-4-9(13)11(14-10)16-3/h4-5H,6-8,13H2,1-3H3. The molecule has 0 atom stereocenters. The molecule has 1 aromatic rings. The minimum absolute atomic E-state index is 0.0631. The van der Waals surface area contributed by atoms with E-state index in [1.165, 1.54) is 0 Å². The van der Waals surface area contributed by atoms with Gasteiger partial charge in [0.15, 0.2) is 0 Å². The van der Waals surface area contributed by atoms with Crippen LogP contribution in [0.1, 0.15) is 13.8 Å². The van der Waals surface area contributed by atoms with Crippen molar-refractivity contribution < 1.29 is 9.47 Å². The van der Waals surface area contributed by atoms with Gasteiger partial charge >= 0.3 is 0 Å². The number of pyridine rings is 1. The van der Waals surface area contributed by atoms with Crippen molar-refractivity contribution in [3.8, 4) is 5.88 Å². The summed E-state index contributed by atoms with van der Waals surface area (Å²) in [6.07, 6.45) is 0. The molecule has 2 heterocycles. The van der Waals surface area contributed by atoms with Crippen LogP contribution in [0.2, 0.25) is 0 Å². The zero-order valence-corrected chi connectivity index (χ0v) is 10.6. The van der Waals surface area contributed by atoms with Gasteiger partial charge in [0.05, 0.1) is 31.5 Å². The molecule has 0 spiro atoms. The summed E-state index contributed by atoms with van der Waals surface area (Å²) in [6, 6.07) is 3.75. The summed E-state index contributed by atoms with van der Waals surface area (Å²) in [4.78, 5) is 6.65. The molecule has 2 N–H and O–H groups in total. The first-order chi connectivity index (χ1) is 8.04. The molecule has 1 aliphatic rings. The maximum absolute atomic E-state index is 5.77. The Labute approximate surface area is 102 Å². The lowest BCUT2D eigenvalue weighted by Gasteiger charge is -2.43. The summed E-state index contributed by atoms with van der Waals surface area (Å²) in [7, 11) is 1.58. The largest absolute Gasteiger partial charge is 0.479 e. The second-order valence-electron chi connectivity index (χ2n) is 4.78. The van der Waals surface area contributed by atoms with Crippen LogP contribution in [0.5, 0.6) is 5.88 Å². The summed E-state index contributed by atoms with van der Waals surface area (Å²) < 4.78 is 10.6. The number of nitrogens with zero attached hydrogens (tertiary/aromatic N) is 2. The average Bonchev–Trinajstić information content (AvgIpc) is 2.30. The number of aromatic nitrogens is 1. The van der Waals surface area contributed by atoms with Gasteiger partial charge in [-0.1, -0.05) is 0 Å². The number of hydrogen-bond acceptors (Lipinski definition) is 5. The lowest BCUT2D eigenvalue weighted by atomic mass is 10.0. The zero-order chi connectivity index (χ0) is 12.5. The molecule has 1 fully saturated rings. The van der Waals surface area contributed by atoms with Gasteiger partial charge in [-0.2, -0.15) is 4.98 Å². The molecule has 0 bridgehead atoms. The smallest absolute Gasteiger partial charge is 0.238 e. The van der Waals surface area contributed by atoms with E-state index in [0.717, 1.165) is 19.0 Å². The van der Waals surface area contributed by atoms with Gasteiger partial charge in [0.2, 0.25) is 5.88 Å². The molecule has 5 heteroatoms. The van der Waals surface area contributed by atoms with Crippen molar-refractivity contribution in [1.82, 2.24) is 4.98 Å². The zero-order valence-electron chi connectivity index (χ0n) is 10.6. The fourth-order valence-electron chi connectivity index (χ4n) is 2.04. The Balaban J connectivity index is 2.32. The fraction of sp³-hybridized carbons (Fsp3) is 0.583. The summed E-state index contributed by atoms with van der Waals surface area (Å²) in [6.45, 7) is 6.51. The van der Waals surface area contributed by atoms with Gasteiger partial charge in [0.1, 0.15) is 5.82 Å². The number of ether oxygens (including phenoxy) is 2. The van der Waals surface area contributed by atoms with Gasteiger partial charge < -0.3 is 20.1 Å². The number of anilines is 2. The monoisotopic (exact) mass is 237 g/mol. The molecule has 1 saturated heterocycles. The molecular formula is C12H19N3O2. The Morgan fingerprint density at radius 3 is 2.88 bits per heavy atom. The average molecular weight is 237 g/mol.